The average molecular weight is 327 g/mol. The van der Waals surface area contributed by atoms with Crippen LogP contribution in [0, 0.1) is 6.92 Å². The van der Waals surface area contributed by atoms with Gasteiger partial charge in [-0.15, -0.1) is 0 Å². The third kappa shape index (κ3) is 6.12. The van der Waals surface area contributed by atoms with E-state index in [9.17, 15) is 9.59 Å². The number of unbranched alkanes of at least 4 members (excludes halogenated alkanes) is 1. The first-order valence-electron chi connectivity index (χ1n) is 7.89. The summed E-state index contributed by atoms with van der Waals surface area (Å²) < 4.78 is 5.75. The molecule has 0 saturated heterocycles. The molecule has 5 heteroatoms. The molecule has 0 fully saturated rings. The number of ether oxygens (including phenoxy) is 1. The summed E-state index contributed by atoms with van der Waals surface area (Å²) in [4.78, 5) is 22.2. The van der Waals surface area contributed by atoms with Crippen LogP contribution in [0.1, 0.15) is 31.2 Å². The van der Waals surface area contributed by atoms with Crippen LogP contribution in [-0.4, -0.2) is 17.0 Å². The van der Waals surface area contributed by atoms with E-state index in [1.165, 1.54) is 0 Å². The Morgan fingerprint density at radius 1 is 1.00 bits per heavy atom. The first-order valence-corrected chi connectivity index (χ1v) is 7.89. The topological polar surface area (TPSA) is 75.6 Å². The van der Waals surface area contributed by atoms with Crippen molar-refractivity contribution in [3.8, 4) is 11.5 Å². The Labute approximate surface area is 141 Å². The lowest BCUT2D eigenvalue weighted by atomic mass is 10.2. The quantitative estimate of drug-likeness (QED) is 0.706. The van der Waals surface area contributed by atoms with Crippen molar-refractivity contribution in [2.45, 2.75) is 32.6 Å². The number of carboxylic acids is 1. The van der Waals surface area contributed by atoms with Crippen molar-refractivity contribution in [2.24, 2.45) is 0 Å². The lowest BCUT2D eigenvalue weighted by Crippen LogP contribution is -2.11. The highest BCUT2D eigenvalue weighted by atomic mass is 16.5. The van der Waals surface area contributed by atoms with Gasteiger partial charge in [-0.3, -0.25) is 9.59 Å². The molecule has 0 heterocycles. The van der Waals surface area contributed by atoms with Crippen molar-refractivity contribution in [1.29, 1.82) is 0 Å². The van der Waals surface area contributed by atoms with E-state index in [-0.39, 0.29) is 12.3 Å². The minimum absolute atomic E-state index is 0.0955. The van der Waals surface area contributed by atoms with Gasteiger partial charge in [-0.1, -0.05) is 12.1 Å². The number of nitrogens with one attached hydrogen (secondary N) is 1. The number of carbonyl (C=O) groups is 2. The predicted molar refractivity (Wildman–Crippen MR) is 92.4 cm³/mol. The molecule has 2 aromatic rings. The van der Waals surface area contributed by atoms with E-state index in [1.807, 2.05) is 31.2 Å². The van der Waals surface area contributed by atoms with Crippen LogP contribution >= 0.6 is 0 Å². The van der Waals surface area contributed by atoms with Crippen LogP contribution in [0.15, 0.2) is 48.5 Å². The number of carboxylic acid groups (broad SMARTS) is 1. The highest BCUT2D eigenvalue weighted by Crippen LogP contribution is 2.23. The molecule has 0 bridgehead atoms. The average Bonchev–Trinajstić information content (AvgIpc) is 2.53. The van der Waals surface area contributed by atoms with Crippen molar-refractivity contribution in [2.75, 3.05) is 5.32 Å². The molecular weight excluding hydrogens is 306 g/mol. The summed E-state index contributed by atoms with van der Waals surface area (Å²) in [5.41, 5.74) is 1.81. The number of carbonyl (C=O) groups excluding carboxylic acids is 1. The number of anilines is 1. The summed E-state index contributed by atoms with van der Waals surface area (Å²) >= 11 is 0. The van der Waals surface area contributed by atoms with Crippen LogP contribution in [0.5, 0.6) is 11.5 Å². The maximum Gasteiger partial charge on any atom is 0.303 e. The number of aliphatic carboxylic acids is 1. The lowest BCUT2D eigenvalue weighted by molar-refractivity contribution is -0.137. The summed E-state index contributed by atoms with van der Waals surface area (Å²) in [7, 11) is 0. The molecule has 2 aromatic carbocycles. The van der Waals surface area contributed by atoms with Crippen molar-refractivity contribution in [3.05, 3.63) is 54.1 Å². The molecule has 0 aliphatic heterocycles. The molecule has 0 aromatic heterocycles. The zero-order valence-corrected chi connectivity index (χ0v) is 13.6. The van der Waals surface area contributed by atoms with Crippen molar-refractivity contribution < 1.29 is 19.4 Å². The Morgan fingerprint density at radius 3 is 2.38 bits per heavy atom. The summed E-state index contributed by atoms with van der Waals surface area (Å²) in [6, 6.07) is 14.9. The van der Waals surface area contributed by atoms with E-state index in [0.29, 0.717) is 30.7 Å². The molecule has 1 amide bonds. The molecule has 2 rings (SSSR count). The van der Waals surface area contributed by atoms with Crippen LogP contribution in [0.2, 0.25) is 0 Å². The monoisotopic (exact) mass is 327 g/mol. The molecule has 2 N–H and O–H groups in total. The fraction of sp³-hybridized carbons (Fsp3) is 0.263. The van der Waals surface area contributed by atoms with Crippen molar-refractivity contribution in [1.82, 2.24) is 0 Å². The van der Waals surface area contributed by atoms with E-state index in [0.717, 1.165) is 11.3 Å². The molecule has 126 valence electrons. The van der Waals surface area contributed by atoms with Crippen molar-refractivity contribution in [3.63, 3.8) is 0 Å². The Morgan fingerprint density at radius 2 is 1.71 bits per heavy atom. The lowest BCUT2D eigenvalue weighted by Gasteiger charge is -2.08. The van der Waals surface area contributed by atoms with Crippen LogP contribution in [0.4, 0.5) is 5.69 Å². The standard InChI is InChI=1S/C19H21NO4/c1-14-5-4-6-17(13-14)24-16-11-9-15(10-12-16)20-18(21)7-2-3-8-19(22)23/h4-6,9-13H,2-3,7-8H2,1H3,(H,20,21)(H,22,23). The smallest absolute Gasteiger partial charge is 0.303 e. The van der Waals surface area contributed by atoms with Crippen LogP contribution in [-0.2, 0) is 9.59 Å². The van der Waals surface area contributed by atoms with Gasteiger partial charge in [0.25, 0.3) is 0 Å². The molecule has 0 saturated carbocycles. The second-order valence-corrected chi connectivity index (χ2v) is 5.59. The minimum Gasteiger partial charge on any atom is -0.481 e. The second kappa shape index (κ2) is 8.72. The molecule has 5 nitrogen and oxygen atoms in total. The number of rotatable bonds is 8. The molecule has 0 aliphatic carbocycles. The molecule has 24 heavy (non-hydrogen) atoms. The maximum absolute atomic E-state index is 11.8. The second-order valence-electron chi connectivity index (χ2n) is 5.59. The van der Waals surface area contributed by atoms with Gasteiger partial charge in [0.2, 0.25) is 5.91 Å². The first kappa shape index (κ1) is 17.5. The molecular formula is C19H21NO4. The van der Waals surface area contributed by atoms with E-state index in [1.54, 1.807) is 24.3 Å². The summed E-state index contributed by atoms with van der Waals surface area (Å²) in [6.45, 7) is 2.00. The molecule has 0 spiro atoms. The Kier molecular flexibility index (Phi) is 6.37. The Balaban J connectivity index is 1.81. The largest absolute Gasteiger partial charge is 0.481 e. The SMILES string of the molecule is Cc1cccc(Oc2ccc(NC(=O)CCCCC(=O)O)cc2)c1. The highest BCUT2D eigenvalue weighted by Gasteiger charge is 2.04. The van der Waals surface area contributed by atoms with Gasteiger partial charge >= 0.3 is 5.97 Å². The van der Waals surface area contributed by atoms with Crippen molar-refractivity contribution >= 4 is 17.6 Å². The van der Waals surface area contributed by atoms with Crippen LogP contribution < -0.4 is 10.1 Å². The number of hydrogen-bond acceptors (Lipinski definition) is 3. The van der Waals surface area contributed by atoms with Crippen LogP contribution in [0.3, 0.4) is 0 Å². The number of aryl methyl sites for hydroxylation is 1. The van der Waals surface area contributed by atoms with Gasteiger partial charge in [-0.2, -0.15) is 0 Å². The molecule has 0 unspecified atom stereocenters. The van der Waals surface area contributed by atoms with Gasteiger partial charge in [-0.05, 0) is 61.7 Å². The first-order chi connectivity index (χ1) is 11.5. The van der Waals surface area contributed by atoms with E-state index in [2.05, 4.69) is 5.32 Å². The summed E-state index contributed by atoms with van der Waals surface area (Å²) in [5, 5.41) is 11.3. The van der Waals surface area contributed by atoms with E-state index >= 15 is 0 Å². The van der Waals surface area contributed by atoms with Gasteiger partial charge in [0.1, 0.15) is 11.5 Å². The summed E-state index contributed by atoms with van der Waals surface area (Å²) in [5.74, 6) is 0.512. The number of benzene rings is 2. The van der Waals surface area contributed by atoms with E-state index in [4.69, 9.17) is 9.84 Å². The van der Waals surface area contributed by atoms with Gasteiger partial charge in [-0.25, -0.2) is 0 Å². The third-order valence-electron chi connectivity index (χ3n) is 3.41. The third-order valence-corrected chi connectivity index (χ3v) is 3.41. The maximum atomic E-state index is 11.8. The zero-order valence-electron chi connectivity index (χ0n) is 13.6. The highest BCUT2D eigenvalue weighted by molar-refractivity contribution is 5.90. The molecule has 0 aliphatic rings. The van der Waals surface area contributed by atoms with Gasteiger partial charge in [0, 0.05) is 18.5 Å². The molecule has 0 atom stereocenters. The fourth-order valence-electron chi connectivity index (χ4n) is 2.21. The predicted octanol–water partition coefficient (Wildman–Crippen LogP) is 4.37. The van der Waals surface area contributed by atoms with Gasteiger partial charge in [0.05, 0.1) is 0 Å². The van der Waals surface area contributed by atoms with E-state index < -0.39 is 5.97 Å². The van der Waals surface area contributed by atoms with Gasteiger partial charge in [0.15, 0.2) is 0 Å². The Hall–Kier alpha value is -2.82. The minimum atomic E-state index is -0.834. The van der Waals surface area contributed by atoms with Gasteiger partial charge < -0.3 is 15.2 Å². The normalized spacial score (nSPS) is 10.2. The Bertz CT molecular complexity index is 695. The fourth-order valence-corrected chi connectivity index (χ4v) is 2.21. The molecule has 0 radical (unpaired) electrons. The number of amides is 1. The number of hydrogen-bond donors (Lipinski definition) is 2. The van der Waals surface area contributed by atoms with Crippen LogP contribution in [0.25, 0.3) is 0 Å². The zero-order chi connectivity index (χ0) is 17.4. The summed E-state index contributed by atoms with van der Waals surface area (Å²) in [6.07, 6.45) is 1.48.